The van der Waals surface area contributed by atoms with Gasteiger partial charge in [0.15, 0.2) is 0 Å². The summed E-state index contributed by atoms with van der Waals surface area (Å²) >= 11 is 5.80. The number of nitrogens with zero attached hydrogens (tertiary/aromatic N) is 1. The molecule has 0 aliphatic carbocycles. The molecule has 1 aromatic carbocycles. The van der Waals surface area contributed by atoms with Crippen LogP contribution in [0.25, 0.3) is 0 Å². The van der Waals surface area contributed by atoms with Gasteiger partial charge in [-0.2, -0.15) is 0 Å². The van der Waals surface area contributed by atoms with E-state index in [4.69, 9.17) is 11.6 Å². The minimum Gasteiger partial charge on any atom is -0.507 e. The summed E-state index contributed by atoms with van der Waals surface area (Å²) in [7, 11) is 0. The minimum atomic E-state index is -0.0939. The minimum absolute atomic E-state index is 0.0350. The second-order valence-electron chi connectivity index (χ2n) is 5.89. The van der Waals surface area contributed by atoms with Crippen LogP contribution in [0.3, 0.4) is 0 Å². The van der Waals surface area contributed by atoms with Gasteiger partial charge in [-0.1, -0.05) is 25.4 Å². The lowest BCUT2D eigenvalue weighted by molar-refractivity contribution is 0.0756. The number of phenols is 1. The molecule has 110 valence electrons. The molecule has 1 unspecified atom stereocenters. The van der Waals surface area contributed by atoms with Crippen LogP contribution >= 0.6 is 11.6 Å². The average molecular weight is 296 g/mol. The quantitative estimate of drug-likeness (QED) is 0.897. The third kappa shape index (κ3) is 3.45. The fraction of sp³-hybridized carbons (Fsp3) is 0.562. The lowest BCUT2D eigenvalue weighted by Gasteiger charge is -2.22. The number of hydrogen-bond acceptors (Lipinski definition) is 2. The smallest absolute Gasteiger partial charge is 0.257 e. The largest absolute Gasteiger partial charge is 0.507 e. The Morgan fingerprint density at radius 3 is 2.75 bits per heavy atom. The van der Waals surface area contributed by atoms with Crippen molar-refractivity contribution in [2.75, 3.05) is 13.1 Å². The van der Waals surface area contributed by atoms with E-state index in [-0.39, 0.29) is 11.7 Å². The topological polar surface area (TPSA) is 40.5 Å². The zero-order chi connectivity index (χ0) is 14.7. The maximum Gasteiger partial charge on any atom is 0.257 e. The van der Waals surface area contributed by atoms with Crippen molar-refractivity contribution in [2.45, 2.75) is 33.1 Å². The number of phenolic OH excluding ortho intramolecular Hbond substituents is 1. The summed E-state index contributed by atoms with van der Waals surface area (Å²) in [6.45, 7) is 6.02. The second-order valence-corrected chi connectivity index (χ2v) is 6.33. The molecule has 0 bridgehead atoms. The van der Waals surface area contributed by atoms with Gasteiger partial charge in [0.25, 0.3) is 5.91 Å². The van der Waals surface area contributed by atoms with Gasteiger partial charge in [-0.05, 0) is 49.3 Å². The molecule has 20 heavy (non-hydrogen) atoms. The predicted molar refractivity (Wildman–Crippen MR) is 81.2 cm³/mol. The van der Waals surface area contributed by atoms with Crippen molar-refractivity contribution in [3.05, 3.63) is 28.8 Å². The molecule has 1 saturated heterocycles. The Hall–Kier alpha value is -1.22. The van der Waals surface area contributed by atoms with Crippen LogP contribution in [0.4, 0.5) is 0 Å². The highest BCUT2D eigenvalue weighted by molar-refractivity contribution is 6.30. The van der Waals surface area contributed by atoms with Gasteiger partial charge in [0.05, 0.1) is 5.56 Å². The molecule has 1 aliphatic rings. The number of carbonyl (C=O) groups is 1. The zero-order valence-corrected chi connectivity index (χ0v) is 12.9. The lowest BCUT2D eigenvalue weighted by atomic mass is 9.89. The van der Waals surface area contributed by atoms with Crippen molar-refractivity contribution in [3.8, 4) is 5.75 Å². The van der Waals surface area contributed by atoms with E-state index in [1.807, 2.05) is 4.90 Å². The molecule has 1 heterocycles. The third-order valence-electron chi connectivity index (χ3n) is 4.19. The molecule has 3 nitrogen and oxygen atoms in total. The van der Waals surface area contributed by atoms with Crippen LogP contribution in [0, 0.1) is 11.8 Å². The summed E-state index contributed by atoms with van der Waals surface area (Å²) < 4.78 is 0. The van der Waals surface area contributed by atoms with Crippen LogP contribution in [-0.2, 0) is 0 Å². The summed E-state index contributed by atoms with van der Waals surface area (Å²) in [6, 6.07) is 4.66. The monoisotopic (exact) mass is 295 g/mol. The van der Waals surface area contributed by atoms with Crippen molar-refractivity contribution in [1.82, 2.24) is 4.90 Å². The van der Waals surface area contributed by atoms with E-state index >= 15 is 0 Å². The SMILES string of the molecule is CC(C)C1CCCN(C(=O)c2ccc(Cl)cc2O)CC1. The molecule has 2 rings (SSSR count). The molecule has 0 saturated carbocycles. The molecule has 1 aromatic rings. The van der Waals surface area contributed by atoms with Gasteiger partial charge < -0.3 is 10.0 Å². The van der Waals surface area contributed by atoms with Gasteiger partial charge in [-0.3, -0.25) is 4.79 Å². The predicted octanol–water partition coefficient (Wildman–Crippen LogP) is 3.94. The molecule has 4 heteroatoms. The Bertz CT molecular complexity index is 487. The number of hydrogen-bond donors (Lipinski definition) is 1. The first kappa shape index (κ1) is 15.2. The van der Waals surface area contributed by atoms with Crippen molar-refractivity contribution in [2.24, 2.45) is 11.8 Å². The lowest BCUT2D eigenvalue weighted by Crippen LogP contribution is -2.32. The van der Waals surface area contributed by atoms with Crippen molar-refractivity contribution in [1.29, 1.82) is 0 Å². The maximum absolute atomic E-state index is 12.5. The van der Waals surface area contributed by atoms with Crippen LogP contribution in [0.1, 0.15) is 43.5 Å². The van der Waals surface area contributed by atoms with Gasteiger partial charge in [0, 0.05) is 18.1 Å². The van der Waals surface area contributed by atoms with E-state index < -0.39 is 0 Å². The third-order valence-corrected chi connectivity index (χ3v) is 4.43. The van der Waals surface area contributed by atoms with Gasteiger partial charge >= 0.3 is 0 Å². The van der Waals surface area contributed by atoms with Gasteiger partial charge in [0.1, 0.15) is 5.75 Å². The normalized spacial score (nSPS) is 20.0. The Morgan fingerprint density at radius 1 is 1.35 bits per heavy atom. The Kier molecular flexibility index (Phi) is 4.92. The van der Waals surface area contributed by atoms with Crippen molar-refractivity contribution >= 4 is 17.5 Å². The van der Waals surface area contributed by atoms with Gasteiger partial charge in [-0.15, -0.1) is 0 Å². The maximum atomic E-state index is 12.5. The van der Waals surface area contributed by atoms with E-state index in [2.05, 4.69) is 13.8 Å². The van der Waals surface area contributed by atoms with Gasteiger partial charge in [-0.25, -0.2) is 0 Å². The Balaban J connectivity index is 2.09. The molecular formula is C16H22ClNO2. The molecule has 1 atom stereocenters. The number of aromatic hydroxyl groups is 1. The van der Waals surface area contributed by atoms with Crippen LogP contribution in [0.5, 0.6) is 5.75 Å². The number of halogens is 1. The standard InChI is InChI=1S/C16H22ClNO2/c1-11(2)12-4-3-8-18(9-7-12)16(20)14-6-5-13(17)10-15(14)19/h5-6,10-12,19H,3-4,7-9H2,1-2H3. The fourth-order valence-electron chi connectivity index (χ4n) is 2.85. The van der Waals surface area contributed by atoms with Crippen molar-refractivity contribution in [3.63, 3.8) is 0 Å². The van der Waals surface area contributed by atoms with E-state index in [1.54, 1.807) is 12.1 Å². The zero-order valence-electron chi connectivity index (χ0n) is 12.1. The number of amides is 1. The van der Waals surface area contributed by atoms with Crippen LogP contribution in [0.15, 0.2) is 18.2 Å². The van der Waals surface area contributed by atoms with Crippen LogP contribution in [0.2, 0.25) is 5.02 Å². The van der Waals surface area contributed by atoms with E-state index in [1.165, 1.54) is 12.5 Å². The number of benzene rings is 1. The molecule has 1 amide bonds. The van der Waals surface area contributed by atoms with E-state index in [0.29, 0.717) is 22.4 Å². The molecule has 0 radical (unpaired) electrons. The summed E-state index contributed by atoms with van der Waals surface area (Å²) in [5, 5.41) is 10.3. The summed E-state index contributed by atoms with van der Waals surface area (Å²) in [6.07, 6.45) is 3.24. The van der Waals surface area contributed by atoms with Crippen LogP contribution < -0.4 is 0 Å². The van der Waals surface area contributed by atoms with E-state index in [9.17, 15) is 9.90 Å². The summed E-state index contributed by atoms with van der Waals surface area (Å²) in [4.78, 5) is 14.3. The average Bonchev–Trinajstić information content (AvgIpc) is 2.63. The number of rotatable bonds is 2. The summed E-state index contributed by atoms with van der Waals surface area (Å²) in [5.41, 5.74) is 0.345. The first-order chi connectivity index (χ1) is 9.49. The first-order valence-corrected chi connectivity index (χ1v) is 7.64. The number of carbonyl (C=O) groups excluding carboxylic acids is 1. The molecule has 1 fully saturated rings. The highest BCUT2D eigenvalue weighted by atomic mass is 35.5. The number of likely N-dealkylation sites (tertiary alicyclic amines) is 1. The Morgan fingerprint density at radius 2 is 2.10 bits per heavy atom. The van der Waals surface area contributed by atoms with Crippen molar-refractivity contribution < 1.29 is 9.90 Å². The Labute approximate surface area is 125 Å². The first-order valence-electron chi connectivity index (χ1n) is 7.27. The fourth-order valence-corrected chi connectivity index (χ4v) is 3.01. The summed E-state index contributed by atoms with van der Waals surface area (Å²) in [5.74, 6) is 1.22. The molecule has 1 N–H and O–H groups in total. The molecule has 0 aromatic heterocycles. The highest BCUT2D eigenvalue weighted by Gasteiger charge is 2.24. The molecule has 1 aliphatic heterocycles. The second kappa shape index (κ2) is 6.49. The van der Waals surface area contributed by atoms with Gasteiger partial charge in [0.2, 0.25) is 0 Å². The molecule has 0 spiro atoms. The van der Waals surface area contributed by atoms with E-state index in [0.717, 1.165) is 25.9 Å². The van der Waals surface area contributed by atoms with Crippen LogP contribution in [-0.4, -0.2) is 29.0 Å². The highest BCUT2D eigenvalue weighted by Crippen LogP contribution is 2.27. The molecular weight excluding hydrogens is 274 g/mol.